The largest absolute Gasteiger partial charge is 0.394 e. The molecule has 0 aromatic carbocycles. The predicted molar refractivity (Wildman–Crippen MR) is 101 cm³/mol. The Kier molecular flexibility index (Phi) is 9.54. The van der Waals surface area contributed by atoms with Crippen molar-refractivity contribution in [1.29, 1.82) is 0 Å². The lowest BCUT2D eigenvalue weighted by atomic mass is 9.96. The van der Waals surface area contributed by atoms with Crippen LogP contribution in [0, 0.1) is 0 Å². The third-order valence-corrected chi connectivity index (χ3v) is 6.09. The normalized spacial score (nSPS) is 52.5. The summed E-state index contributed by atoms with van der Waals surface area (Å²) in [6.45, 7) is -2.32. The van der Waals surface area contributed by atoms with Gasteiger partial charge in [-0.1, -0.05) is 0 Å². The van der Waals surface area contributed by atoms with Crippen LogP contribution in [-0.2, 0) is 23.7 Å². The minimum atomic E-state index is -1.91. The number of ether oxygens (including phenoxy) is 5. The second-order valence-electron chi connectivity index (χ2n) is 8.33. The summed E-state index contributed by atoms with van der Waals surface area (Å²) in [4.78, 5) is 0. The van der Waals surface area contributed by atoms with E-state index in [-0.39, 0.29) is 0 Å². The third-order valence-electron chi connectivity index (χ3n) is 6.09. The monoisotopic (exact) mass is 504 g/mol. The quantitative estimate of drug-likeness (QED) is 0.154. The van der Waals surface area contributed by atoms with Crippen LogP contribution in [0.2, 0.25) is 0 Å². The maximum absolute atomic E-state index is 10.6. The maximum atomic E-state index is 10.6. The van der Waals surface area contributed by atoms with E-state index in [4.69, 9.17) is 23.7 Å². The van der Waals surface area contributed by atoms with Crippen molar-refractivity contribution < 1.29 is 79.9 Å². The first kappa shape index (κ1) is 27.9. The molecule has 15 atom stereocenters. The molecule has 7 unspecified atom stereocenters. The minimum absolute atomic E-state index is 0.741. The van der Waals surface area contributed by atoms with E-state index in [9.17, 15) is 56.2 Å². The summed E-state index contributed by atoms with van der Waals surface area (Å²) in [5.74, 6) is 0. The lowest BCUT2D eigenvalue weighted by molar-refractivity contribution is -0.377. The van der Waals surface area contributed by atoms with E-state index >= 15 is 0 Å². The molecule has 0 aliphatic carbocycles. The van der Waals surface area contributed by atoms with E-state index < -0.39 is 112 Å². The van der Waals surface area contributed by atoms with Crippen LogP contribution in [0.1, 0.15) is 0 Å². The number of hydrogen-bond acceptors (Lipinski definition) is 16. The van der Waals surface area contributed by atoms with Crippen molar-refractivity contribution >= 4 is 0 Å². The van der Waals surface area contributed by atoms with Crippen LogP contribution < -0.4 is 0 Å². The van der Waals surface area contributed by atoms with Crippen molar-refractivity contribution in [2.75, 3.05) is 19.8 Å². The van der Waals surface area contributed by atoms with E-state index in [0.717, 1.165) is 0 Å². The molecule has 3 aliphatic heterocycles. The van der Waals surface area contributed by atoms with Crippen molar-refractivity contribution in [3.05, 3.63) is 0 Å². The van der Waals surface area contributed by atoms with Crippen LogP contribution in [0.15, 0.2) is 0 Å². The molecule has 3 heterocycles. The Labute approximate surface area is 192 Å². The molecule has 0 bridgehead atoms. The Bertz CT molecular complexity index is 635. The molecule has 0 aromatic heterocycles. The molecule has 16 heteroatoms. The Morgan fingerprint density at radius 1 is 0.441 bits per heavy atom. The summed E-state index contributed by atoms with van der Waals surface area (Å²) < 4.78 is 26.4. The van der Waals surface area contributed by atoms with Crippen LogP contribution in [-0.4, -0.2) is 168 Å². The van der Waals surface area contributed by atoms with Crippen LogP contribution >= 0.6 is 0 Å². The molecule has 3 rings (SSSR count). The van der Waals surface area contributed by atoms with Gasteiger partial charge in [-0.05, 0) is 0 Å². The number of hydrogen-bond donors (Lipinski definition) is 11. The first-order chi connectivity index (χ1) is 16.0. The lowest BCUT2D eigenvalue weighted by Crippen LogP contribution is -2.66. The Morgan fingerprint density at radius 3 is 1.35 bits per heavy atom. The molecular formula is C18H32O16. The summed E-state index contributed by atoms with van der Waals surface area (Å²) in [5, 5.41) is 109. The average molecular weight is 504 g/mol. The van der Waals surface area contributed by atoms with E-state index in [0.29, 0.717) is 0 Å². The Balaban J connectivity index is 1.72. The molecule has 0 spiro atoms. The first-order valence-electron chi connectivity index (χ1n) is 10.6. The zero-order chi connectivity index (χ0) is 25.3. The maximum Gasteiger partial charge on any atom is 0.187 e. The van der Waals surface area contributed by atoms with Gasteiger partial charge in [0.15, 0.2) is 18.9 Å². The molecule has 3 aliphatic rings. The molecule has 3 saturated heterocycles. The van der Waals surface area contributed by atoms with Crippen molar-refractivity contribution in [2.45, 2.75) is 92.1 Å². The zero-order valence-corrected chi connectivity index (χ0v) is 17.7. The fourth-order valence-corrected chi connectivity index (χ4v) is 4.06. The second-order valence-corrected chi connectivity index (χ2v) is 8.33. The van der Waals surface area contributed by atoms with Crippen LogP contribution in [0.3, 0.4) is 0 Å². The highest BCUT2D eigenvalue weighted by atomic mass is 16.8. The SMILES string of the molecule is OCC1O[C@@H](O)C(O)C(O)[C@@H]1O[C@@H]1OC(CO)[C@H](O[C@H]2OC(CO)[C@H](O)[C@H](O)C2O)[C@H](O)C1O. The minimum Gasteiger partial charge on any atom is -0.394 e. The molecule has 0 radical (unpaired) electrons. The molecule has 0 saturated carbocycles. The molecule has 200 valence electrons. The summed E-state index contributed by atoms with van der Waals surface area (Å²) in [7, 11) is 0. The van der Waals surface area contributed by atoms with Crippen LogP contribution in [0.25, 0.3) is 0 Å². The molecule has 0 aromatic rings. The summed E-state index contributed by atoms with van der Waals surface area (Å²) >= 11 is 0. The number of aliphatic hydroxyl groups excluding tert-OH is 11. The highest BCUT2D eigenvalue weighted by molar-refractivity contribution is 4.96. The highest BCUT2D eigenvalue weighted by Crippen LogP contribution is 2.32. The molecule has 11 N–H and O–H groups in total. The van der Waals surface area contributed by atoms with Gasteiger partial charge in [0.2, 0.25) is 0 Å². The molecule has 3 fully saturated rings. The Morgan fingerprint density at radius 2 is 0.853 bits per heavy atom. The van der Waals surface area contributed by atoms with Crippen molar-refractivity contribution in [2.24, 2.45) is 0 Å². The van der Waals surface area contributed by atoms with Gasteiger partial charge >= 0.3 is 0 Å². The van der Waals surface area contributed by atoms with E-state index in [1.54, 1.807) is 0 Å². The second kappa shape index (κ2) is 11.6. The van der Waals surface area contributed by atoms with Gasteiger partial charge in [0.1, 0.15) is 73.2 Å². The standard InChI is InChI=1S/C18H32O16/c19-1-4-7(22)8(23)12(27)17(31-4)34-15-6(3-21)32-18(13(28)10(15)25)33-14-5(2-20)30-16(29)11(26)9(14)24/h4-29H,1-3H2/t4?,5?,6?,7-,8-,9?,10+,11?,12?,13?,14+,15-,16+,17+,18-/m0/s1. The van der Waals surface area contributed by atoms with Gasteiger partial charge in [-0.3, -0.25) is 0 Å². The molecule has 34 heavy (non-hydrogen) atoms. The average Bonchev–Trinajstić information content (AvgIpc) is 2.83. The van der Waals surface area contributed by atoms with Crippen molar-refractivity contribution in [1.82, 2.24) is 0 Å². The number of rotatable bonds is 7. The van der Waals surface area contributed by atoms with Gasteiger partial charge in [0.25, 0.3) is 0 Å². The van der Waals surface area contributed by atoms with E-state index in [1.165, 1.54) is 0 Å². The van der Waals surface area contributed by atoms with Crippen molar-refractivity contribution in [3.8, 4) is 0 Å². The summed E-state index contributed by atoms with van der Waals surface area (Å²) in [6.07, 6.45) is -25.1. The number of aliphatic hydroxyl groups is 11. The van der Waals surface area contributed by atoms with Gasteiger partial charge in [-0.15, -0.1) is 0 Å². The topological polar surface area (TPSA) is 269 Å². The van der Waals surface area contributed by atoms with Crippen LogP contribution in [0.5, 0.6) is 0 Å². The van der Waals surface area contributed by atoms with Crippen LogP contribution in [0.4, 0.5) is 0 Å². The van der Waals surface area contributed by atoms with Crippen molar-refractivity contribution in [3.63, 3.8) is 0 Å². The summed E-state index contributed by atoms with van der Waals surface area (Å²) in [5.41, 5.74) is 0. The van der Waals surface area contributed by atoms with Gasteiger partial charge < -0.3 is 79.9 Å². The smallest absolute Gasteiger partial charge is 0.187 e. The lowest BCUT2D eigenvalue weighted by Gasteiger charge is -2.47. The van der Waals surface area contributed by atoms with Gasteiger partial charge in [0, 0.05) is 0 Å². The zero-order valence-electron chi connectivity index (χ0n) is 17.7. The van der Waals surface area contributed by atoms with Gasteiger partial charge in [0.05, 0.1) is 19.8 Å². The van der Waals surface area contributed by atoms with E-state index in [1.807, 2.05) is 0 Å². The van der Waals surface area contributed by atoms with Gasteiger partial charge in [-0.25, -0.2) is 0 Å². The fourth-order valence-electron chi connectivity index (χ4n) is 4.06. The van der Waals surface area contributed by atoms with E-state index in [2.05, 4.69) is 0 Å². The fraction of sp³-hybridized carbons (Fsp3) is 1.00. The molecule has 0 amide bonds. The summed E-state index contributed by atoms with van der Waals surface area (Å²) in [6, 6.07) is 0. The predicted octanol–water partition coefficient (Wildman–Crippen LogP) is -7.57. The molecule has 16 nitrogen and oxygen atoms in total. The Hall–Kier alpha value is -0.640. The molecular weight excluding hydrogens is 472 g/mol. The third kappa shape index (κ3) is 5.37. The van der Waals surface area contributed by atoms with Gasteiger partial charge in [-0.2, -0.15) is 0 Å². The first-order valence-corrected chi connectivity index (χ1v) is 10.6. The highest BCUT2D eigenvalue weighted by Gasteiger charge is 2.53.